The Hall–Kier alpha value is -3.41. The van der Waals surface area contributed by atoms with E-state index in [1.54, 1.807) is 13.2 Å². The second kappa shape index (κ2) is 9.68. The molecule has 0 saturated carbocycles. The maximum atomic E-state index is 12.5. The van der Waals surface area contributed by atoms with Crippen LogP contribution in [0.5, 0.6) is 5.75 Å². The molecule has 0 spiro atoms. The molecule has 6 heteroatoms. The first-order valence-electron chi connectivity index (χ1n) is 9.62. The van der Waals surface area contributed by atoms with Gasteiger partial charge in [0, 0.05) is 11.6 Å². The topological polar surface area (TPSA) is 77.2 Å². The molecular weight excluding hydrogens is 366 g/mol. The number of hydrogen-bond donors (Lipinski definition) is 1. The smallest absolute Gasteiger partial charge is 0.249 e. The monoisotopic (exact) mass is 391 g/mol. The van der Waals surface area contributed by atoms with Crippen LogP contribution in [0.15, 0.2) is 65.2 Å². The van der Waals surface area contributed by atoms with E-state index in [1.165, 1.54) is 6.08 Å². The average Bonchev–Trinajstić information content (AvgIpc) is 3.26. The van der Waals surface area contributed by atoms with Crippen molar-refractivity contribution in [3.63, 3.8) is 0 Å². The Labute approximate surface area is 170 Å². The predicted molar refractivity (Wildman–Crippen MR) is 112 cm³/mol. The summed E-state index contributed by atoms with van der Waals surface area (Å²) in [5.41, 5.74) is 1.75. The Kier molecular flexibility index (Phi) is 6.79. The minimum Gasteiger partial charge on any atom is -0.497 e. The molecule has 1 aromatic heterocycles. The maximum absolute atomic E-state index is 12.5. The molecule has 150 valence electrons. The van der Waals surface area contributed by atoms with Gasteiger partial charge in [-0.15, -0.1) is 0 Å². The lowest BCUT2D eigenvalue weighted by molar-refractivity contribution is -0.117. The molecule has 0 unspecified atom stereocenters. The number of carbonyl (C=O) groups is 1. The van der Waals surface area contributed by atoms with Gasteiger partial charge in [-0.1, -0.05) is 67.9 Å². The van der Waals surface area contributed by atoms with E-state index in [9.17, 15) is 4.79 Å². The highest BCUT2D eigenvalue weighted by atomic mass is 16.5. The Morgan fingerprint density at radius 1 is 1.21 bits per heavy atom. The first kappa shape index (κ1) is 20.3. The highest BCUT2D eigenvalue weighted by molar-refractivity contribution is 5.91. The highest BCUT2D eigenvalue weighted by Gasteiger charge is 2.26. The van der Waals surface area contributed by atoms with Crippen LogP contribution in [0.25, 0.3) is 17.5 Å². The number of benzene rings is 2. The maximum Gasteiger partial charge on any atom is 0.249 e. The zero-order chi connectivity index (χ0) is 20.6. The molecule has 1 N–H and O–H groups in total. The lowest BCUT2D eigenvalue weighted by atomic mass is 9.99. The summed E-state index contributed by atoms with van der Waals surface area (Å²) in [6.45, 7) is 4.10. The van der Waals surface area contributed by atoms with E-state index in [0.29, 0.717) is 17.5 Å². The largest absolute Gasteiger partial charge is 0.497 e. The molecule has 0 aliphatic heterocycles. The van der Waals surface area contributed by atoms with Crippen LogP contribution >= 0.6 is 0 Å². The number of aromatic nitrogens is 2. The molecule has 3 rings (SSSR count). The Morgan fingerprint density at radius 3 is 2.72 bits per heavy atom. The molecule has 2 aromatic carbocycles. The Morgan fingerprint density at radius 2 is 2.00 bits per heavy atom. The van der Waals surface area contributed by atoms with Crippen molar-refractivity contribution >= 4 is 12.0 Å². The fourth-order valence-corrected chi connectivity index (χ4v) is 2.86. The molecule has 0 radical (unpaired) electrons. The van der Waals surface area contributed by atoms with Crippen LogP contribution in [0, 0.1) is 5.92 Å². The van der Waals surface area contributed by atoms with Crippen LogP contribution in [-0.4, -0.2) is 23.2 Å². The fourth-order valence-electron chi connectivity index (χ4n) is 2.86. The fraction of sp³-hybridized carbons (Fsp3) is 0.261. The van der Waals surface area contributed by atoms with Gasteiger partial charge in [-0.3, -0.25) is 4.79 Å². The second-order valence-electron chi connectivity index (χ2n) is 6.80. The number of rotatable bonds is 8. The number of nitrogens with zero attached hydrogens (tertiary/aromatic N) is 2. The third kappa shape index (κ3) is 5.31. The molecule has 6 nitrogen and oxygen atoms in total. The van der Waals surface area contributed by atoms with Gasteiger partial charge < -0.3 is 14.6 Å². The molecule has 1 amide bonds. The summed E-state index contributed by atoms with van der Waals surface area (Å²) in [5.74, 6) is 1.48. The second-order valence-corrected chi connectivity index (χ2v) is 6.80. The van der Waals surface area contributed by atoms with Gasteiger partial charge >= 0.3 is 0 Å². The molecule has 3 aromatic rings. The summed E-state index contributed by atoms with van der Waals surface area (Å²) in [4.78, 5) is 17.0. The molecule has 0 fully saturated rings. The van der Waals surface area contributed by atoms with Gasteiger partial charge in [0.25, 0.3) is 0 Å². The number of nitrogens with one attached hydrogen (secondary N) is 1. The van der Waals surface area contributed by atoms with Crippen LogP contribution in [-0.2, 0) is 4.79 Å². The van der Waals surface area contributed by atoms with E-state index in [1.807, 2.05) is 61.5 Å². The third-order valence-electron chi connectivity index (χ3n) is 4.77. The van der Waals surface area contributed by atoms with Crippen LogP contribution in [0.1, 0.15) is 37.8 Å². The molecular formula is C23H25N3O3. The van der Waals surface area contributed by atoms with Crippen LogP contribution in [0.4, 0.5) is 0 Å². The van der Waals surface area contributed by atoms with E-state index >= 15 is 0 Å². The van der Waals surface area contributed by atoms with Crippen molar-refractivity contribution < 1.29 is 14.1 Å². The number of methoxy groups -OCH3 is 1. The summed E-state index contributed by atoms with van der Waals surface area (Å²) in [5, 5.41) is 7.08. The molecule has 0 bridgehead atoms. The first-order chi connectivity index (χ1) is 14.1. The summed E-state index contributed by atoms with van der Waals surface area (Å²) >= 11 is 0. The van der Waals surface area contributed by atoms with Gasteiger partial charge in [0.1, 0.15) is 11.8 Å². The van der Waals surface area contributed by atoms with Crippen molar-refractivity contribution in [2.75, 3.05) is 7.11 Å². The molecule has 0 aliphatic carbocycles. The normalized spacial score (nSPS) is 13.2. The number of amides is 1. The lowest BCUT2D eigenvalue weighted by Crippen LogP contribution is -2.31. The van der Waals surface area contributed by atoms with Crippen LogP contribution in [0.2, 0.25) is 0 Å². The van der Waals surface area contributed by atoms with Crippen molar-refractivity contribution in [3.05, 3.63) is 72.1 Å². The molecule has 29 heavy (non-hydrogen) atoms. The highest BCUT2D eigenvalue weighted by Crippen LogP contribution is 2.27. The van der Waals surface area contributed by atoms with Crippen molar-refractivity contribution in [2.45, 2.75) is 26.3 Å². The van der Waals surface area contributed by atoms with Crippen LogP contribution < -0.4 is 10.1 Å². The quantitative estimate of drug-likeness (QED) is 0.565. The zero-order valence-corrected chi connectivity index (χ0v) is 16.8. The molecule has 0 saturated heterocycles. The Bertz CT molecular complexity index is 966. The van der Waals surface area contributed by atoms with Gasteiger partial charge in [-0.2, -0.15) is 4.98 Å². The number of hydrogen-bond acceptors (Lipinski definition) is 5. The number of carbonyl (C=O) groups excluding carboxylic acids is 1. The first-order valence-corrected chi connectivity index (χ1v) is 9.62. The molecule has 2 atom stereocenters. The minimum absolute atomic E-state index is 0.127. The van der Waals surface area contributed by atoms with E-state index in [4.69, 9.17) is 9.26 Å². The molecule has 0 aliphatic rings. The summed E-state index contributed by atoms with van der Waals surface area (Å²) < 4.78 is 10.8. The van der Waals surface area contributed by atoms with Gasteiger partial charge in [-0.05, 0) is 29.7 Å². The van der Waals surface area contributed by atoms with Crippen molar-refractivity contribution in [3.8, 4) is 17.1 Å². The summed E-state index contributed by atoms with van der Waals surface area (Å²) in [6, 6.07) is 16.7. The van der Waals surface area contributed by atoms with Gasteiger partial charge in [0.15, 0.2) is 0 Å². The predicted octanol–water partition coefficient (Wildman–Crippen LogP) is 4.66. The summed E-state index contributed by atoms with van der Waals surface area (Å²) in [6.07, 6.45) is 4.15. The van der Waals surface area contributed by atoms with Crippen molar-refractivity contribution in [1.29, 1.82) is 0 Å². The van der Waals surface area contributed by atoms with Gasteiger partial charge in [0.05, 0.1) is 7.11 Å². The minimum atomic E-state index is -0.375. The van der Waals surface area contributed by atoms with Gasteiger partial charge in [0.2, 0.25) is 17.6 Å². The zero-order valence-electron chi connectivity index (χ0n) is 16.8. The van der Waals surface area contributed by atoms with E-state index in [2.05, 4.69) is 22.4 Å². The number of ether oxygens (including phenoxy) is 1. The van der Waals surface area contributed by atoms with Crippen molar-refractivity contribution in [1.82, 2.24) is 15.5 Å². The SMILES string of the molecule is CC[C@H](C)[C@H](NC(=O)/C=C/c1ccccc1)c1nc(-c2cccc(OC)c2)no1. The van der Waals surface area contributed by atoms with E-state index in [-0.39, 0.29) is 17.9 Å². The summed E-state index contributed by atoms with van der Waals surface area (Å²) in [7, 11) is 1.61. The molecule has 1 heterocycles. The van der Waals surface area contributed by atoms with Gasteiger partial charge in [-0.25, -0.2) is 0 Å². The standard InChI is InChI=1S/C23H25N3O3/c1-4-16(2)21(24-20(27)14-13-17-9-6-5-7-10-17)23-25-22(26-29-23)18-11-8-12-19(15-18)28-3/h5-16,21H,4H2,1-3H3,(H,24,27)/b14-13+/t16-,21-/m0/s1. The Balaban J connectivity index is 1.77. The van der Waals surface area contributed by atoms with E-state index < -0.39 is 0 Å². The third-order valence-corrected chi connectivity index (χ3v) is 4.77. The van der Waals surface area contributed by atoms with Crippen molar-refractivity contribution in [2.24, 2.45) is 5.92 Å². The average molecular weight is 391 g/mol. The lowest BCUT2D eigenvalue weighted by Gasteiger charge is -2.19. The van der Waals surface area contributed by atoms with Crippen LogP contribution in [0.3, 0.4) is 0 Å². The van der Waals surface area contributed by atoms with E-state index in [0.717, 1.165) is 17.5 Å².